The van der Waals surface area contributed by atoms with Gasteiger partial charge in [0.05, 0.1) is 37.8 Å². The summed E-state index contributed by atoms with van der Waals surface area (Å²) < 4.78 is 18.2. The van der Waals surface area contributed by atoms with Crippen LogP contribution in [0.1, 0.15) is 6.92 Å². The Morgan fingerprint density at radius 3 is 2.31 bits per heavy atom. The van der Waals surface area contributed by atoms with Gasteiger partial charge in [0.2, 0.25) is 11.7 Å². The van der Waals surface area contributed by atoms with Crippen LogP contribution in [0, 0.1) is 0 Å². The molecule has 0 atom stereocenters. The second-order valence-electron chi connectivity index (χ2n) is 6.43. The monoisotopic (exact) mass is 496 g/mol. The smallest absolute Gasteiger partial charge is 0.234 e. The zero-order valence-corrected chi connectivity index (χ0v) is 20.3. The van der Waals surface area contributed by atoms with E-state index >= 15 is 0 Å². The first-order valence-corrected chi connectivity index (χ1v) is 11.3. The minimum absolute atomic E-state index is 0.131. The van der Waals surface area contributed by atoms with Gasteiger partial charge < -0.3 is 24.1 Å². The largest absolute Gasteiger partial charge is 0.493 e. The highest BCUT2D eigenvalue weighted by atomic mass is 35.5. The number of carbonyl (C=O) groups is 1. The Bertz CT molecular complexity index is 1100. The molecule has 0 fully saturated rings. The molecule has 0 saturated heterocycles. The summed E-state index contributed by atoms with van der Waals surface area (Å²) in [5, 5.41) is 12.8. The van der Waals surface area contributed by atoms with Crippen LogP contribution in [0.15, 0.2) is 35.5 Å². The molecule has 1 aromatic heterocycles. The van der Waals surface area contributed by atoms with E-state index in [1.807, 2.05) is 11.5 Å². The Morgan fingerprint density at radius 1 is 1.06 bits per heavy atom. The predicted molar refractivity (Wildman–Crippen MR) is 127 cm³/mol. The molecular weight excluding hydrogens is 475 g/mol. The number of ether oxygens (including phenoxy) is 3. The predicted octanol–water partition coefficient (Wildman–Crippen LogP) is 5.03. The minimum atomic E-state index is -0.223. The van der Waals surface area contributed by atoms with Crippen molar-refractivity contribution in [2.24, 2.45) is 0 Å². The topological polar surface area (TPSA) is 87.5 Å². The van der Waals surface area contributed by atoms with Gasteiger partial charge in [0.25, 0.3) is 0 Å². The second kappa shape index (κ2) is 10.8. The lowest BCUT2D eigenvalue weighted by Gasteiger charge is -2.14. The summed E-state index contributed by atoms with van der Waals surface area (Å²) in [5.74, 6) is 2.05. The van der Waals surface area contributed by atoms with Crippen LogP contribution in [0.4, 0.5) is 5.69 Å². The Kier molecular flexibility index (Phi) is 8.11. The minimum Gasteiger partial charge on any atom is -0.493 e. The number of benzene rings is 2. The summed E-state index contributed by atoms with van der Waals surface area (Å²) in [6.07, 6.45) is 0. The molecule has 1 amide bonds. The molecule has 170 valence electrons. The van der Waals surface area contributed by atoms with Gasteiger partial charge in [-0.1, -0.05) is 35.0 Å². The van der Waals surface area contributed by atoms with Gasteiger partial charge in [0.1, 0.15) is 0 Å². The average Bonchev–Trinajstić information content (AvgIpc) is 3.21. The number of rotatable bonds is 9. The molecule has 3 aromatic rings. The van der Waals surface area contributed by atoms with E-state index in [0.717, 1.165) is 5.56 Å². The molecule has 8 nitrogen and oxygen atoms in total. The number of nitrogens with one attached hydrogen (secondary N) is 1. The number of aromatic nitrogens is 3. The van der Waals surface area contributed by atoms with Crippen LogP contribution in [-0.4, -0.2) is 47.8 Å². The van der Waals surface area contributed by atoms with Crippen molar-refractivity contribution < 1.29 is 19.0 Å². The zero-order valence-electron chi connectivity index (χ0n) is 17.9. The highest BCUT2D eigenvalue weighted by molar-refractivity contribution is 7.99. The van der Waals surface area contributed by atoms with E-state index in [0.29, 0.717) is 50.5 Å². The normalized spacial score (nSPS) is 10.7. The van der Waals surface area contributed by atoms with Crippen LogP contribution in [0.2, 0.25) is 10.0 Å². The van der Waals surface area contributed by atoms with Crippen LogP contribution >= 0.6 is 35.0 Å². The van der Waals surface area contributed by atoms with E-state index in [4.69, 9.17) is 37.4 Å². The summed E-state index contributed by atoms with van der Waals surface area (Å²) in [5.41, 5.74) is 1.25. The lowest BCUT2D eigenvalue weighted by molar-refractivity contribution is -0.113. The van der Waals surface area contributed by atoms with Crippen LogP contribution in [0.5, 0.6) is 17.2 Å². The number of amides is 1. The summed E-state index contributed by atoms with van der Waals surface area (Å²) in [6, 6.07) is 8.50. The molecule has 2 aromatic carbocycles. The summed E-state index contributed by atoms with van der Waals surface area (Å²) in [4.78, 5) is 12.4. The molecule has 11 heteroatoms. The average molecular weight is 497 g/mol. The first-order chi connectivity index (χ1) is 15.4. The third-order valence-electron chi connectivity index (χ3n) is 4.49. The van der Waals surface area contributed by atoms with Gasteiger partial charge in [-0.05, 0) is 37.3 Å². The van der Waals surface area contributed by atoms with Gasteiger partial charge in [0.15, 0.2) is 22.5 Å². The number of halogens is 2. The Balaban J connectivity index is 1.80. The molecule has 0 unspecified atom stereocenters. The highest BCUT2D eigenvalue weighted by Gasteiger charge is 2.20. The van der Waals surface area contributed by atoms with Gasteiger partial charge in [-0.25, -0.2) is 0 Å². The molecule has 0 aliphatic carbocycles. The fraction of sp³-hybridized carbons (Fsp3) is 0.286. The summed E-state index contributed by atoms with van der Waals surface area (Å²) >= 11 is 13.3. The molecule has 3 rings (SSSR count). The molecule has 1 heterocycles. The van der Waals surface area contributed by atoms with E-state index in [1.54, 1.807) is 51.7 Å². The van der Waals surface area contributed by atoms with E-state index in [-0.39, 0.29) is 11.7 Å². The van der Waals surface area contributed by atoms with Gasteiger partial charge in [-0.15, -0.1) is 10.2 Å². The van der Waals surface area contributed by atoms with Crippen LogP contribution in [-0.2, 0) is 11.3 Å². The summed E-state index contributed by atoms with van der Waals surface area (Å²) in [6.45, 7) is 2.58. The molecule has 0 aliphatic rings. The molecule has 0 radical (unpaired) electrons. The first-order valence-electron chi connectivity index (χ1n) is 9.53. The van der Waals surface area contributed by atoms with Crippen molar-refractivity contribution in [3.05, 3.63) is 40.4 Å². The maximum atomic E-state index is 12.4. The molecule has 0 aliphatic heterocycles. The standard InChI is InChI=1S/C21H22Cl2N4O4S/c1-5-27-20(12-8-16(29-2)19(31-4)17(9-12)30-3)25-26-21(27)32-11-18(28)24-15-7-6-13(22)10-14(15)23/h6-10H,5,11H2,1-4H3,(H,24,28). The Labute approximate surface area is 200 Å². The van der Waals surface area contributed by atoms with Crippen molar-refractivity contribution in [2.45, 2.75) is 18.6 Å². The van der Waals surface area contributed by atoms with E-state index in [9.17, 15) is 4.79 Å². The lowest BCUT2D eigenvalue weighted by Crippen LogP contribution is -2.15. The number of carbonyl (C=O) groups excluding carboxylic acids is 1. The molecule has 0 bridgehead atoms. The zero-order chi connectivity index (χ0) is 23.3. The number of hydrogen-bond acceptors (Lipinski definition) is 7. The molecule has 32 heavy (non-hydrogen) atoms. The third kappa shape index (κ3) is 5.23. The van der Waals surface area contributed by atoms with Crippen molar-refractivity contribution in [3.8, 4) is 28.6 Å². The van der Waals surface area contributed by atoms with Crippen molar-refractivity contribution >= 4 is 46.6 Å². The van der Waals surface area contributed by atoms with Crippen molar-refractivity contribution in [1.29, 1.82) is 0 Å². The third-order valence-corrected chi connectivity index (χ3v) is 6.01. The van der Waals surface area contributed by atoms with Gasteiger partial charge >= 0.3 is 0 Å². The quantitative estimate of drug-likeness (QED) is 0.415. The molecular formula is C21H22Cl2N4O4S. The Hall–Kier alpha value is -2.62. The van der Waals surface area contributed by atoms with Crippen molar-refractivity contribution in [1.82, 2.24) is 14.8 Å². The number of hydrogen-bond donors (Lipinski definition) is 1. The molecule has 0 spiro atoms. The van der Waals surface area contributed by atoms with E-state index in [1.165, 1.54) is 11.8 Å². The fourth-order valence-electron chi connectivity index (χ4n) is 3.01. The van der Waals surface area contributed by atoms with Crippen molar-refractivity contribution in [3.63, 3.8) is 0 Å². The lowest BCUT2D eigenvalue weighted by atomic mass is 10.1. The van der Waals surface area contributed by atoms with Gasteiger partial charge in [-0.3, -0.25) is 4.79 Å². The van der Waals surface area contributed by atoms with Crippen LogP contribution in [0.25, 0.3) is 11.4 Å². The molecule has 1 N–H and O–H groups in total. The number of methoxy groups -OCH3 is 3. The van der Waals surface area contributed by atoms with Gasteiger partial charge in [-0.2, -0.15) is 0 Å². The fourth-order valence-corrected chi connectivity index (χ4v) is 4.27. The summed E-state index contributed by atoms with van der Waals surface area (Å²) in [7, 11) is 4.66. The second-order valence-corrected chi connectivity index (χ2v) is 8.21. The van der Waals surface area contributed by atoms with Crippen molar-refractivity contribution in [2.75, 3.05) is 32.4 Å². The first kappa shape index (κ1) is 24.0. The van der Waals surface area contributed by atoms with Crippen LogP contribution in [0.3, 0.4) is 0 Å². The number of nitrogens with zero attached hydrogens (tertiary/aromatic N) is 3. The number of anilines is 1. The van der Waals surface area contributed by atoms with Gasteiger partial charge in [0, 0.05) is 17.1 Å². The van der Waals surface area contributed by atoms with Crippen LogP contribution < -0.4 is 19.5 Å². The number of thioether (sulfide) groups is 1. The maximum Gasteiger partial charge on any atom is 0.234 e. The Morgan fingerprint density at radius 2 is 1.75 bits per heavy atom. The molecule has 0 saturated carbocycles. The SMILES string of the molecule is CCn1c(SCC(=O)Nc2ccc(Cl)cc2Cl)nnc1-c1cc(OC)c(OC)c(OC)c1. The highest BCUT2D eigenvalue weighted by Crippen LogP contribution is 2.41. The maximum absolute atomic E-state index is 12.4. The van der Waals surface area contributed by atoms with E-state index < -0.39 is 0 Å². The van der Waals surface area contributed by atoms with E-state index in [2.05, 4.69) is 15.5 Å².